The van der Waals surface area contributed by atoms with E-state index in [1.807, 2.05) is 0 Å². The smallest absolute Gasteiger partial charge is 0.332 e. The number of carbonyl (C=O) groups is 1. The first-order chi connectivity index (χ1) is 16.9. The molecule has 180 valence electrons. The number of sulfone groups is 1. The van der Waals surface area contributed by atoms with Crippen molar-refractivity contribution in [2.45, 2.75) is 31.0 Å². The standard InChI is InChI=1S/C24H23N5O5S/c30-21(18-8-9-19-25-11-14-27(19)16-18)26-10-4-12-28-22(31)20(17-6-2-1-3-7-17)23-29(24(28)32)13-5-15-35(23,33)34/h1-3,6-9,11,14,16H,4-5,10,12-13,15H2,(H,26,30). The third kappa shape index (κ3) is 4.18. The molecule has 1 N–H and O–H groups in total. The normalized spacial score (nSPS) is 14.5. The molecule has 4 aromatic rings. The van der Waals surface area contributed by atoms with Crippen LogP contribution in [-0.2, 0) is 22.9 Å². The monoisotopic (exact) mass is 493 g/mol. The van der Waals surface area contributed by atoms with Crippen LogP contribution in [0.25, 0.3) is 16.8 Å². The van der Waals surface area contributed by atoms with Crippen molar-refractivity contribution in [1.82, 2.24) is 23.8 Å². The summed E-state index contributed by atoms with van der Waals surface area (Å²) in [5.41, 5.74) is 0.356. The second-order valence-electron chi connectivity index (χ2n) is 8.33. The first-order valence-corrected chi connectivity index (χ1v) is 12.9. The third-order valence-corrected chi connectivity index (χ3v) is 7.87. The number of benzene rings is 1. The molecule has 0 atom stereocenters. The van der Waals surface area contributed by atoms with Gasteiger partial charge in [0.15, 0.2) is 14.9 Å². The lowest BCUT2D eigenvalue weighted by Gasteiger charge is -2.23. The Labute approximate surface area is 200 Å². The minimum Gasteiger partial charge on any atom is -0.352 e. The van der Waals surface area contributed by atoms with Gasteiger partial charge in [0.2, 0.25) is 0 Å². The van der Waals surface area contributed by atoms with Crippen LogP contribution in [0.1, 0.15) is 23.2 Å². The maximum Gasteiger partial charge on any atom is 0.332 e. The molecular formula is C24H23N5O5S. The Morgan fingerprint density at radius 1 is 1.09 bits per heavy atom. The van der Waals surface area contributed by atoms with Gasteiger partial charge in [-0.3, -0.25) is 18.7 Å². The molecule has 5 rings (SSSR count). The van der Waals surface area contributed by atoms with Gasteiger partial charge in [-0.05, 0) is 30.5 Å². The van der Waals surface area contributed by atoms with E-state index in [1.165, 1.54) is 4.57 Å². The fraction of sp³-hybridized carbons (Fsp3) is 0.250. The number of carbonyl (C=O) groups excluding carboxylic acids is 1. The number of hydrogen-bond donors (Lipinski definition) is 1. The van der Waals surface area contributed by atoms with Gasteiger partial charge in [-0.15, -0.1) is 0 Å². The Balaban J connectivity index is 1.41. The second-order valence-corrected chi connectivity index (χ2v) is 10.4. The molecular weight excluding hydrogens is 470 g/mol. The molecule has 0 bridgehead atoms. The van der Waals surface area contributed by atoms with E-state index in [0.717, 1.165) is 10.2 Å². The van der Waals surface area contributed by atoms with E-state index in [4.69, 9.17) is 0 Å². The Bertz CT molecular complexity index is 1650. The molecule has 4 heterocycles. The Morgan fingerprint density at radius 2 is 1.89 bits per heavy atom. The van der Waals surface area contributed by atoms with Crippen molar-refractivity contribution in [3.05, 3.63) is 87.5 Å². The molecule has 0 saturated heterocycles. The van der Waals surface area contributed by atoms with Crippen molar-refractivity contribution in [2.75, 3.05) is 12.3 Å². The van der Waals surface area contributed by atoms with E-state index in [2.05, 4.69) is 10.3 Å². The van der Waals surface area contributed by atoms with Crippen molar-refractivity contribution >= 4 is 21.4 Å². The Hall–Kier alpha value is -3.99. The topological polar surface area (TPSA) is 125 Å². The molecule has 10 nitrogen and oxygen atoms in total. The van der Waals surface area contributed by atoms with Crippen molar-refractivity contribution in [1.29, 1.82) is 0 Å². The molecule has 1 aromatic carbocycles. The largest absolute Gasteiger partial charge is 0.352 e. The van der Waals surface area contributed by atoms with Gasteiger partial charge in [-0.25, -0.2) is 18.2 Å². The molecule has 0 fully saturated rings. The molecule has 0 radical (unpaired) electrons. The molecule has 1 amide bonds. The number of fused-ring (bicyclic) bond motifs is 2. The first kappa shape index (κ1) is 22.8. The van der Waals surface area contributed by atoms with Gasteiger partial charge in [0.1, 0.15) is 5.65 Å². The second kappa shape index (κ2) is 8.99. The molecule has 0 saturated carbocycles. The molecule has 11 heteroatoms. The van der Waals surface area contributed by atoms with Crippen LogP contribution < -0.4 is 16.6 Å². The molecule has 0 unspecified atom stereocenters. The van der Waals surface area contributed by atoms with Crippen molar-refractivity contribution in [3.63, 3.8) is 0 Å². The third-order valence-electron chi connectivity index (χ3n) is 6.03. The van der Waals surface area contributed by atoms with Crippen LogP contribution in [0.2, 0.25) is 0 Å². The predicted molar refractivity (Wildman–Crippen MR) is 129 cm³/mol. The molecule has 0 spiro atoms. The van der Waals surface area contributed by atoms with Crippen LogP contribution in [0, 0.1) is 0 Å². The van der Waals surface area contributed by atoms with Gasteiger partial charge in [-0.2, -0.15) is 0 Å². The van der Waals surface area contributed by atoms with Gasteiger partial charge >= 0.3 is 5.69 Å². The van der Waals surface area contributed by atoms with Crippen molar-refractivity contribution in [3.8, 4) is 11.1 Å². The van der Waals surface area contributed by atoms with Gasteiger partial charge in [0.25, 0.3) is 11.5 Å². The van der Waals surface area contributed by atoms with E-state index < -0.39 is 21.1 Å². The number of hydrogen-bond acceptors (Lipinski definition) is 6. The van der Waals surface area contributed by atoms with Gasteiger partial charge in [0, 0.05) is 38.2 Å². The molecule has 1 aliphatic heterocycles. The lowest BCUT2D eigenvalue weighted by Crippen LogP contribution is -2.45. The van der Waals surface area contributed by atoms with E-state index in [1.54, 1.807) is 65.5 Å². The minimum absolute atomic E-state index is 0.0163. The lowest BCUT2D eigenvalue weighted by molar-refractivity contribution is 0.0952. The summed E-state index contributed by atoms with van der Waals surface area (Å²) in [5.74, 6) is -0.390. The summed E-state index contributed by atoms with van der Waals surface area (Å²) in [6.07, 6.45) is 5.67. The lowest BCUT2D eigenvalue weighted by atomic mass is 10.1. The summed E-state index contributed by atoms with van der Waals surface area (Å²) in [6, 6.07) is 11.9. The maximum absolute atomic E-state index is 13.4. The number of pyridine rings is 1. The highest BCUT2D eigenvalue weighted by Crippen LogP contribution is 2.27. The van der Waals surface area contributed by atoms with Crippen molar-refractivity contribution in [2.24, 2.45) is 0 Å². The highest BCUT2D eigenvalue weighted by Gasteiger charge is 2.32. The molecule has 3 aromatic heterocycles. The number of rotatable bonds is 6. The zero-order chi connectivity index (χ0) is 24.6. The average molecular weight is 494 g/mol. The van der Waals surface area contributed by atoms with E-state index >= 15 is 0 Å². The van der Waals surface area contributed by atoms with Crippen LogP contribution in [-0.4, -0.2) is 45.1 Å². The maximum atomic E-state index is 13.4. The number of imidazole rings is 1. The highest BCUT2D eigenvalue weighted by atomic mass is 32.2. The quantitative estimate of drug-likeness (QED) is 0.319. The first-order valence-electron chi connectivity index (χ1n) is 11.2. The number of aromatic nitrogens is 4. The van der Waals surface area contributed by atoms with Crippen LogP contribution in [0.3, 0.4) is 0 Å². The summed E-state index contributed by atoms with van der Waals surface area (Å²) in [7, 11) is -3.77. The number of amides is 1. The van der Waals surface area contributed by atoms with E-state index in [9.17, 15) is 22.8 Å². The zero-order valence-electron chi connectivity index (χ0n) is 18.8. The summed E-state index contributed by atoms with van der Waals surface area (Å²) in [4.78, 5) is 43.2. The fourth-order valence-corrected chi connectivity index (χ4v) is 6.08. The van der Waals surface area contributed by atoms with Crippen molar-refractivity contribution < 1.29 is 13.2 Å². The van der Waals surface area contributed by atoms with Crippen LogP contribution in [0.5, 0.6) is 0 Å². The summed E-state index contributed by atoms with van der Waals surface area (Å²) >= 11 is 0. The minimum atomic E-state index is -3.77. The fourth-order valence-electron chi connectivity index (χ4n) is 4.36. The van der Waals surface area contributed by atoms with Crippen LogP contribution >= 0.6 is 0 Å². The summed E-state index contributed by atoms with van der Waals surface area (Å²) in [6.45, 7) is 0.493. The van der Waals surface area contributed by atoms with Crippen LogP contribution in [0.15, 0.2) is 75.7 Å². The Kier molecular flexibility index (Phi) is 5.85. The Morgan fingerprint density at radius 3 is 2.69 bits per heavy atom. The van der Waals surface area contributed by atoms with Gasteiger partial charge in [0.05, 0.1) is 16.9 Å². The van der Waals surface area contributed by atoms with E-state index in [0.29, 0.717) is 24.0 Å². The summed E-state index contributed by atoms with van der Waals surface area (Å²) < 4.78 is 29.7. The molecule has 1 aliphatic rings. The zero-order valence-corrected chi connectivity index (χ0v) is 19.6. The predicted octanol–water partition coefficient (Wildman–Crippen LogP) is 1.32. The van der Waals surface area contributed by atoms with Gasteiger partial charge < -0.3 is 9.72 Å². The highest BCUT2D eigenvalue weighted by molar-refractivity contribution is 7.91. The van der Waals surface area contributed by atoms with Gasteiger partial charge in [-0.1, -0.05) is 30.3 Å². The number of nitrogens with zero attached hydrogens (tertiary/aromatic N) is 4. The SMILES string of the molecule is O=C(NCCCn1c(=O)c(-c2ccccc2)c2n(c1=O)CCCS2(=O)=O)c1ccc2nccn2c1. The van der Waals surface area contributed by atoms with E-state index in [-0.39, 0.29) is 41.9 Å². The molecule has 0 aliphatic carbocycles. The summed E-state index contributed by atoms with van der Waals surface area (Å²) in [5, 5.41) is 2.59. The number of nitrogens with one attached hydrogen (secondary N) is 1. The molecule has 35 heavy (non-hydrogen) atoms. The van der Waals surface area contributed by atoms with Crippen LogP contribution in [0.4, 0.5) is 0 Å². The average Bonchev–Trinajstić information content (AvgIpc) is 3.32.